The lowest BCUT2D eigenvalue weighted by Crippen LogP contribution is -2.27. The number of nitrogens with one attached hydrogen (secondary N) is 1. The van der Waals surface area contributed by atoms with Gasteiger partial charge in [0.2, 0.25) is 0 Å². The largest absolute Gasteiger partial charge is 0.496 e. The summed E-state index contributed by atoms with van der Waals surface area (Å²) in [6.07, 6.45) is 1.89. The quantitative estimate of drug-likeness (QED) is 0.923. The zero-order chi connectivity index (χ0) is 15.4. The summed E-state index contributed by atoms with van der Waals surface area (Å²) in [5, 5.41) is 7.77. The van der Waals surface area contributed by atoms with Crippen molar-refractivity contribution in [3.8, 4) is 5.75 Å². The molecule has 0 aliphatic carbocycles. The first-order valence-electron chi connectivity index (χ1n) is 6.73. The smallest absolute Gasteiger partial charge is 0.255 e. The van der Waals surface area contributed by atoms with E-state index < -0.39 is 0 Å². The molecule has 0 spiro atoms. The van der Waals surface area contributed by atoms with Crippen LogP contribution in [0.4, 0.5) is 0 Å². The van der Waals surface area contributed by atoms with Gasteiger partial charge >= 0.3 is 0 Å². The van der Waals surface area contributed by atoms with Gasteiger partial charge < -0.3 is 10.1 Å². The molecule has 1 unspecified atom stereocenters. The van der Waals surface area contributed by atoms with Gasteiger partial charge in [0.1, 0.15) is 5.75 Å². The molecule has 2 aromatic rings. The summed E-state index contributed by atoms with van der Waals surface area (Å²) < 4.78 is 7.01. The molecule has 0 saturated heterocycles. The number of benzene rings is 1. The normalized spacial score (nSPS) is 12.0. The molecule has 0 saturated carbocycles. The number of methoxy groups -OCH3 is 1. The fourth-order valence-corrected chi connectivity index (χ4v) is 2.16. The van der Waals surface area contributed by atoms with Crippen LogP contribution in [0.25, 0.3) is 0 Å². The number of nitrogens with zero attached hydrogens (tertiary/aromatic N) is 2. The van der Waals surface area contributed by atoms with Crippen LogP contribution in [0.5, 0.6) is 5.75 Å². The number of halogens is 1. The number of aryl methyl sites for hydroxylation is 1. The highest BCUT2D eigenvalue weighted by Gasteiger charge is 2.17. The van der Waals surface area contributed by atoms with Crippen LogP contribution in [0.3, 0.4) is 0 Å². The van der Waals surface area contributed by atoms with Gasteiger partial charge in [0.05, 0.1) is 24.4 Å². The summed E-state index contributed by atoms with van der Waals surface area (Å²) in [7, 11) is 1.52. The van der Waals surface area contributed by atoms with Gasteiger partial charge in [-0.2, -0.15) is 5.10 Å². The Hall–Kier alpha value is -2.01. The first kappa shape index (κ1) is 15.4. The highest BCUT2D eigenvalue weighted by molar-refractivity contribution is 6.31. The third kappa shape index (κ3) is 3.55. The topological polar surface area (TPSA) is 56.2 Å². The average molecular weight is 308 g/mol. The number of hydrogen-bond donors (Lipinski definition) is 1. The summed E-state index contributed by atoms with van der Waals surface area (Å²) >= 11 is 5.94. The van der Waals surface area contributed by atoms with Crippen LogP contribution in [-0.4, -0.2) is 22.8 Å². The van der Waals surface area contributed by atoms with Crippen molar-refractivity contribution >= 4 is 17.5 Å². The molecule has 0 aliphatic heterocycles. The monoisotopic (exact) mass is 307 g/mol. The van der Waals surface area contributed by atoms with Crippen LogP contribution < -0.4 is 10.1 Å². The first-order chi connectivity index (χ1) is 10.0. The molecule has 5 nitrogen and oxygen atoms in total. The second kappa shape index (κ2) is 6.63. The van der Waals surface area contributed by atoms with E-state index in [2.05, 4.69) is 10.4 Å². The molecule has 0 aliphatic rings. The molecular formula is C15H18ClN3O2. The molecule has 1 amide bonds. The zero-order valence-electron chi connectivity index (χ0n) is 12.3. The Labute approximate surface area is 128 Å². The zero-order valence-corrected chi connectivity index (χ0v) is 13.0. The summed E-state index contributed by atoms with van der Waals surface area (Å²) in [5.74, 6) is 0.246. The number of hydrogen-bond acceptors (Lipinski definition) is 3. The Morgan fingerprint density at radius 1 is 1.48 bits per heavy atom. The molecular weight excluding hydrogens is 290 g/mol. The Morgan fingerprint density at radius 2 is 2.24 bits per heavy atom. The number of ether oxygens (including phenoxy) is 1. The second-order valence-electron chi connectivity index (χ2n) is 4.64. The van der Waals surface area contributed by atoms with Crippen molar-refractivity contribution in [2.24, 2.45) is 0 Å². The van der Waals surface area contributed by atoms with Crippen LogP contribution in [0.15, 0.2) is 30.5 Å². The van der Waals surface area contributed by atoms with Crippen molar-refractivity contribution in [2.45, 2.75) is 26.4 Å². The van der Waals surface area contributed by atoms with Gasteiger partial charge in [-0.15, -0.1) is 0 Å². The number of carbonyl (C=O) groups excluding carboxylic acids is 1. The van der Waals surface area contributed by atoms with Crippen LogP contribution in [-0.2, 0) is 6.54 Å². The lowest BCUT2D eigenvalue weighted by molar-refractivity contribution is 0.0936. The van der Waals surface area contributed by atoms with E-state index in [1.54, 1.807) is 18.2 Å². The van der Waals surface area contributed by atoms with E-state index in [-0.39, 0.29) is 11.9 Å². The third-order valence-electron chi connectivity index (χ3n) is 3.18. The van der Waals surface area contributed by atoms with Crippen LogP contribution >= 0.6 is 11.6 Å². The van der Waals surface area contributed by atoms with Gasteiger partial charge in [-0.25, -0.2) is 0 Å². The molecule has 0 fully saturated rings. The second-order valence-corrected chi connectivity index (χ2v) is 5.07. The van der Waals surface area contributed by atoms with E-state index in [1.807, 2.05) is 30.8 Å². The lowest BCUT2D eigenvalue weighted by atomic mass is 10.1. The molecule has 0 radical (unpaired) electrons. The molecule has 1 heterocycles. The molecule has 1 atom stereocenters. The van der Waals surface area contributed by atoms with Gasteiger partial charge in [-0.1, -0.05) is 11.6 Å². The standard InChI is InChI=1S/C15H18ClN3O2/c1-4-19-8-7-13(18-19)10(2)17-15(20)12-9-11(16)5-6-14(12)21-3/h5-10H,4H2,1-3H3,(H,17,20). The Kier molecular flexibility index (Phi) is 4.85. The van der Waals surface area contributed by atoms with Gasteiger partial charge in [0.25, 0.3) is 5.91 Å². The maximum absolute atomic E-state index is 12.4. The maximum Gasteiger partial charge on any atom is 0.255 e. The number of carbonyl (C=O) groups is 1. The minimum Gasteiger partial charge on any atom is -0.496 e. The molecule has 2 rings (SSSR count). The third-order valence-corrected chi connectivity index (χ3v) is 3.42. The lowest BCUT2D eigenvalue weighted by Gasteiger charge is -2.14. The van der Waals surface area contributed by atoms with E-state index in [0.717, 1.165) is 12.2 Å². The fourth-order valence-electron chi connectivity index (χ4n) is 1.99. The van der Waals surface area contributed by atoms with Crippen LogP contribution in [0, 0.1) is 0 Å². The van der Waals surface area contributed by atoms with Gasteiger partial charge in [0.15, 0.2) is 0 Å². The van der Waals surface area contributed by atoms with E-state index in [1.165, 1.54) is 7.11 Å². The SMILES string of the molecule is CCn1ccc(C(C)NC(=O)c2cc(Cl)ccc2OC)n1. The van der Waals surface area contributed by atoms with E-state index in [9.17, 15) is 4.79 Å². The molecule has 1 aromatic heterocycles. The Balaban J connectivity index is 2.15. The predicted molar refractivity (Wildman–Crippen MR) is 81.8 cm³/mol. The minimum absolute atomic E-state index is 0.200. The maximum atomic E-state index is 12.4. The van der Waals surface area contributed by atoms with Crippen molar-refractivity contribution in [1.82, 2.24) is 15.1 Å². The minimum atomic E-state index is -0.243. The summed E-state index contributed by atoms with van der Waals surface area (Å²) in [5.41, 5.74) is 1.22. The summed E-state index contributed by atoms with van der Waals surface area (Å²) in [6.45, 7) is 4.69. The number of aromatic nitrogens is 2. The highest BCUT2D eigenvalue weighted by Crippen LogP contribution is 2.23. The highest BCUT2D eigenvalue weighted by atomic mass is 35.5. The fraction of sp³-hybridized carbons (Fsp3) is 0.333. The molecule has 6 heteroatoms. The Bertz CT molecular complexity index is 640. The summed E-state index contributed by atoms with van der Waals surface area (Å²) in [6, 6.07) is 6.64. The first-order valence-corrected chi connectivity index (χ1v) is 7.10. The molecule has 1 aromatic carbocycles. The number of amides is 1. The average Bonchev–Trinajstić information content (AvgIpc) is 2.96. The molecule has 1 N–H and O–H groups in total. The van der Waals surface area contributed by atoms with E-state index in [4.69, 9.17) is 16.3 Å². The Morgan fingerprint density at radius 3 is 2.86 bits per heavy atom. The molecule has 0 bridgehead atoms. The van der Waals surface area contributed by atoms with Gasteiger partial charge in [0, 0.05) is 17.8 Å². The molecule has 112 valence electrons. The van der Waals surface area contributed by atoms with Gasteiger partial charge in [-0.05, 0) is 38.1 Å². The van der Waals surface area contributed by atoms with Gasteiger partial charge in [-0.3, -0.25) is 9.48 Å². The van der Waals surface area contributed by atoms with Crippen molar-refractivity contribution < 1.29 is 9.53 Å². The van der Waals surface area contributed by atoms with E-state index in [0.29, 0.717) is 16.3 Å². The van der Waals surface area contributed by atoms with Crippen molar-refractivity contribution in [2.75, 3.05) is 7.11 Å². The van der Waals surface area contributed by atoms with E-state index >= 15 is 0 Å². The predicted octanol–water partition coefficient (Wildman–Crippen LogP) is 3.06. The van der Waals surface area contributed by atoms with Crippen LogP contribution in [0.2, 0.25) is 5.02 Å². The van der Waals surface area contributed by atoms with Crippen LogP contribution in [0.1, 0.15) is 35.9 Å². The van der Waals surface area contributed by atoms with Crippen molar-refractivity contribution in [3.05, 3.63) is 46.7 Å². The van der Waals surface area contributed by atoms with Crippen molar-refractivity contribution in [1.29, 1.82) is 0 Å². The summed E-state index contributed by atoms with van der Waals surface area (Å²) in [4.78, 5) is 12.4. The molecule has 21 heavy (non-hydrogen) atoms. The number of rotatable bonds is 5. The van der Waals surface area contributed by atoms with Crippen molar-refractivity contribution in [3.63, 3.8) is 0 Å².